The van der Waals surface area contributed by atoms with Crippen LogP contribution < -0.4 is 10.0 Å². The average molecular weight is 473 g/mol. The van der Waals surface area contributed by atoms with Gasteiger partial charge in [-0.3, -0.25) is 4.79 Å². The van der Waals surface area contributed by atoms with E-state index in [9.17, 15) is 13.2 Å². The lowest BCUT2D eigenvalue weighted by atomic mass is 10.4. The van der Waals surface area contributed by atoms with Crippen LogP contribution in [0.1, 0.15) is 26.2 Å². The zero-order valence-corrected chi connectivity index (χ0v) is 17.6. The number of guanidine groups is 1. The van der Waals surface area contributed by atoms with Gasteiger partial charge in [-0.2, -0.15) is 0 Å². The van der Waals surface area contributed by atoms with E-state index in [1.807, 2.05) is 4.90 Å². The summed E-state index contributed by atoms with van der Waals surface area (Å²) in [7, 11) is 0.107. The van der Waals surface area contributed by atoms with Gasteiger partial charge >= 0.3 is 0 Å². The van der Waals surface area contributed by atoms with Gasteiger partial charge in [-0.1, -0.05) is 6.92 Å². The van der Waals surface area contributed by atoms with E-state index < -0.39 is 15.3 Å². The predicted octanol–water partition coefficient (Wildman–Crippen LogP) is -0.186. The highest BCUT2D eigenvalue weighted by atomic mass is 127. The fourth-order valence-corrected chi connectivity index (χ4v) is 3.85. The Bertz CT molecular complexity index is 563. The molecule has 2 aliphatic rings. The van der Waals surface area contributed by atoms with Gasteiger partial charge in [-0.15, -0.1) is 24.0 Å². The van der Waals surface area contributed by atoms with Crippen LogP contribution in [0.5, 0.6) is 0 Å². The first-order chi connectivity index (χ1) is 10.8. The summed E-state index contributed by atoms with van der Waals surface area (Å²) in [5.74, 6) is 0.577. The topological polar surface area (TPSA) is 94.1 Å². The van der Waals surface area contributed by atoms with Gasteiger partial charge in [0.25, 0.3) is 0 Å². The molecule has 1 aliphatic heterocycles. The van der Waals surface area contributed by atoms with Crippen molar-refractivity contribution in [2.75, 3.05) is 40.3 Å². The minimum Gasteiger partial charge on any atom is -0.353 e. The first-order valence-corrected chi connectivity index (χ1v) is 9.62. The molecule has 1 saturated heterocycles. The van der Waals surface area contributed by atoms with Crippen LogP contribution in [0.2, 0.25) is 0 Å². The standard InChI is InChI=1S/C14H27N5O3S.HI/c1-4-16-23(21,22)12-7-8-19(10-12)14(17-11-5-6-11)15-9-13(20)18(2)3;/h11-12,16H,4-10H2,1-3H3,(H,15,17);1H. The fourth-order valence-electron chi connectivity index (χ4n) is 2.42. The van der Waals surface area contributed by atoms with Gasteiger partial charge < -0.3 is 15.1 Å². The zero-order chi connectivity index (χ0) is 17.0. The number of hydrogen-bond acceptors (Lipinski definition) is 4. The molecule has 1 heterocycles. The Morgan fingerprint density at radius 1 is 1.29 bits per heavy atom. The van der Waals surface area contributed by atoms with Crippen LogP contribution >= 0.6 is 24.0 Å². The number of aliphatic imine (C=N–C) groups is 1. The number of amides is 1. The number of likely N-dealkylation sites (N-methyl/N-ethyl adjacent to an activating group) is 1. The van der Waals surface area contributed by atoms with Crippen molar-refractivity contribution in [2.24, 2.45) is 4.99 Å². The van der Waals surface area contributed by atoms with E-state index in [2.05, 4.69) is 15.0 Å². The number of sulfonamides is 1. The molecule has 2 N–H and O–H groups in total. The van der Waals surface area contributed by atoms with Gasteiger partial charge in [0.1, 0.15) is 6.54 Å². The normalized spacial score (nSPS) is 21.4. The van der Waals surface area contributed by atoms with Gasteiger partial charge in [-0.25, -0.2) is 18.1 Å². The Balaban J connectivity index is 0.00000288. The summed E-state index contributed by atoms with van der Waals surface area (Å²) in [6.07, 6.45) is 2.75. The SMILES string of the molecule is CCNS(=O)(=O)C1CCN(C(=NCC(=O)N(C)C)NC2CC2)C1.I. The smallest absolute Gasteiger partial charge is 0.243 e. The molecule has 1 unspecified atom stereocenters. The third kappa shape index (κ3) is 6.03. The molecule has 1 atom stereocenters. The lowest BCUT2D eigenvalue weighted by molar-refractivity contribution is -0.127. The van der Waals surface area contributed by atoms with Gasteiger partial charge in [0, 0.05) is 39.8 Å². The Morgan fingerprint density at radius 3 is 2.50 bits per heavy atom. The fraction of sp³-hybridized carbons (Fsp3) is 0.857. The highest BCUT2D eigenvalue weighted by Crippen LogP contribution is 2.21. The number of nitrogens with zero attached hydrogens (tertiary/aromatic N) is 3. The Labute approximate surface area is 161 Å². The highest BCUT2D eigenvalue weighted by Gasteiger charge is 2.35. The predicted molar refractivity (Wildman–Crippen MR) is 105 cm³/mol. The van der Waals surface area contributed by atoms with Crippen LogP contribution in [0.15, 0.2) is 4.99 Å². The third-order valence-electron chi connectivity index (χ3n) is 4.00. The van der Waals surface area contributed by atoms with Gasteiger partial charge in [0.15, 0.2) is 5.96 Å². The van der Waals surface area contributed by atoms with E-state index in [-0.39, 0.29) is 36.4 Å². The molecule has 1 amide bonds. The summed E-state index contributed by atoms with van der Waals surface area (Å²) in [6.45, 7) is 3.29. The maximum Gasteiger partial charge on any atom is 0.243 e. The van der Waals surface area contributed by atoms with Crippen molar-refractivity contribution in [2.45, 2.75) is 37.5 Å². The number of rotatable bonds is 6. The number of hydrogen-bond donors (Lipinski definition) is 2. The maximum absolute atomic E-state index is 12.1. The molecule has 0 aromatic rings. The molecular formula is C14H28IN5O3S. The van der Waals surface area contributed by atoms with E-state index in [1.54, 1.807) is 21.0 Å². The lowest BCUT2D eigenvalue weighted by Gasteiger charge is -2.22. The van der Waals surface area contributed by atoms with Crippen LogP contribution in [0.4, 0.5) is 0 Å². The summed E-state index contributed by atoms with van der Waals surface area (Å²) >= 11 is 0. The lowest BCUT2D eigenvalue weighted by Crippen LogP contribution is -2.44. The van der Waals surface area contributed by atoms with Crippen LogP contribution in [-0.2, 0) is 14.8 Å². The molecule has 24 heavy (non-hydrogen) atoms. The van der Waals surface area contributed by atoms with Gasteiger partial charge in [-0.05, 0) is 19.3 Å². The number of carbonyl (C=O) groups is 1. The minimum atomic E-state index is -3.28. The summed E-state index contributed by atoms with van der Waals surface area (Å²) in [6, 6.07) is 0.396. The monoisotopic (exact) mass is 473 g/mol. The maximum atomic E-state index is 12.1. The second-order valence-corrected chi connectivity index (χ2v) is 8.29. The van der Waals surface area contributed by atoms with Crippen molar-refractivity contribution >= 4 is 45.9 Å². The summed E-state index contributed by atoms with van der Waals surface area (Å²) in [4.78, 5) is 19.6. The molecule has 140 valence electrons. The van der Waals surface area contributed by atoms with E-state index in [0.717, 1.165) is 12.8 Å². The van der Waals surface area contributed by atoms with Crippen LogP contribution in [0.25, 0.3) is 0 Å². The molecule has 2 fully saturated rings. The summed E-state index contributed by atoms with van der Waals surface area (Å²) < 4.78 is 26.8. The quantitative estimate of drug-likeness (QED) is 0.317. The molecule has 10 heteroatoms. The Hall–Kier alpha value is -0.620. The first kappa shape index (κ1) is 21.4. The van der Waals surface area contributed by atoms with Crippen molar-refractivity contribution in [1.29, 1.82) is 0 Å². The number of nitrogens with one attached hydrogen (secondary N) is 2. The van der Waals surface area contributed by atoms with E-state index >= 15 is 0 Å². The van der Waals surface area contributed by atoms with Gasteiger partial charge in [0.2, 0.25) is 15.9 Å². The molecule has 0 aromatic carbocycles. The summed E-state index contributed by atoms with van der Waals surface area (Å²) in [5, 5.41) is 2.89. The van der Waals surface area contributed by atoms with Crippen molar-refractivity contribution in [3.05, 3.63) is 0 Å². The van der Waals surface area contributed by atoms with E-state index in [1.165, 1.54) is 4.90 Å². The number of halogens is 1. The molecule has 0 bridgehead atoms. The Kier molecular flexibility index (Phi) is 8.20. The average Bonchev–Trinajstić information content (AvgIpc) is 3.15. The molecule has 0 radical (unpaired) electrons. The number of likely N-dealkylation sites (tertiary alicyclic amines) is 1. The van der Waals surface area contributed by atoms with Crippen molar-refractivity contribution in [3.8, 4) is 0 Å². The molecule has 1 aliphatic carbocycles. The second-order valence-electron chi connectivity index (χ2n) is 6.25. The van der Waals surface area contributed by atoms with Crippen molar-refractivity contribution in [3.63, 3.8) is 0 Å². The molecular weight excluding hydrogens is 445 g/mol. The highest BCUT2D eigenvalue weighted by molar-refractivity contribution is 14.0. The first-order valence-electron chi connectivity index (χ1n) is 8.08. The third-order valence-corrected chi connectivity index (χ3v) is 5.96. The largest absolute Gasteiger partial charge is 0.353 e. The van der Waals surface area contributed by atoms with Crippen LogP contribution in [0.3, 0.4) is 0 Å². The van der Waals surface area contributed by atoms with E-state index in [4.69, 9.17) is 0 Å². The van der Waals surface area contributed by atoms with Crippen LogP contribution in [-0.4, -0.2) is 81.7 Å². The summed E-state index contributed by atoms with van der Waals surface area (Å²) in [5.41, 5.74) is 0. The van der Waals surface area contributed by atoms with E-state index in [0.29, 0.717) is 38.1 Å². The molecule has 8 nitrogen and oxygen atoms in total. The molecule has 2 rings (SSSR count). The van der Waals surface area contributed by atoms with Crippen LogP contribution in [0, 0.1) is 0 Å². The minimum absolute atomic E-state index is 0. The van der Waals surface area contributed by atoms with Gasteiger partial charge in [0.05, 0.1) is 5.25 Å². The number of carbonyl (C=O) groups excluding carboxylic acids is 1. The second kappa shape index (κ2) is 9.18. The zero-order valence-electron chi connectivity index (χ0n) is 14.5. The Morgan fingerprint density at radius 2 is 1.96 bits per heavy atom. The van der Waals surface area contributed by atoms with Crippen molar-refractivity contribution < 1.29 is 13.2 Å². The molecule has 0 aromatic heterocycles. The van der Waals surface area contributed by atoms with Crippen molar-refractivity contribution in [1.82, 2.24) is 19.8 Å². The molecule has 1 saturated carbocycles. The molecule has 0 spiro atoms.